The Kier molecular flexibility index (Phi) is 5.59. The highest BCUT2D eigenvalue weighted by molar-refractivity contribution is 6.29. The van der Waals surface area contributed by atoms with E-state index in [-0.39, 0.29) is 34.9 Å². The maximum absolute atomic E-state index is 13.7. The molecule has 0 N–H and O–H groups in total. The van der Waals surface area contributed by atoms with E-state index in [4.69, 9.17) is 11.6 Å². The van der Waals surface area contributed by atoms with Gasteiger partial charge in [0.15, 0.2) is 16.6 Å². The molecular formula is C22H20ClF3N8O. The lowest BCUT2D eigenvalue weighted by molar-refractivity contribution is -0.138. The predicted molar refractivity (Wildman–Crippen MR) is 119 cm³/mol. The number of pyridine rings is 1. The van der Waals surface area contributed by atoms with E-state index < -0.39 is 17.6 Å². The van der Waals surface area contributed by atoms with E-state index in [1.807, 2.05) is 14.1 Å². The number of fused-ring (bicyclic) bond motifs is 1. The lowest BCUT2D eigenvalue weighted by Crippen LogP contribution is -2.32. The van der Waals surface area contributed by atoms with Crippen molar-refractivity contribution in [2.75, 3.05) is 14.1 Å². The fourth-order valence-corrected chi connectivity index (χ4v) is 4.55. The first kappa shape index (κ1) is 23.4. The second kappa shape index (κ2) is 8.38. The van der Waals surface area contributed by atoms with Crippen LogP contribution < -0.4 is 0 Å². The number of carbonyl (C=O) groups excluding carboxylic acids is 1. The Morgan fingerprint density at radius 2 is 1.83 bits per heavy atom. The van der Waals surface area contributed by atoms with Crippen LogP contribution in [-0.4, -0.2) is 59.4 Å². The van der Waals surface area contributed by atoms with Crippen molar-refractivity contribution in [3.05, 3.63) is 64.5 Å². The van der Waals surface area contributed by atoms with E-state index in [9.17, 15) is 18.0 Å². The quantitative estimate of drug-likeness (QED) is 0.381. The highest BCUT2D eigenvalue weighted by Crippen LogP contribution is 2.50. The summed E-state index contributed by atoms with van der Waals surface area (Å²) < 4.78 is 42.7. The zero-order valence-corrected chi connectivity index (χ0v) is 19.5. The Morgan fingerprint density at radius 1 is 1.11 bits per heavy atom. The van der Waals surface area contributed by atoms with Gasteiger partial charge in [-0.05, 0) is 38.6 Å². The number of Topliss-reactive ketones (excluding diaryl/α,β-unsaturated/α-hetero) is 1. The van der Waals surface area contributed by atoms with E-state index in [0.717, 1.165) is 29.4 Å². The molecule has 0 aliphatic heterocycles. The van der Waals surface area contributed by atoms with Crippen molar-refractivity contribution in [2.24, 2.45) is 0 Å². The van der Waals surface area contributed by atoms with Crippen molar-refractivity contribution in [3.8, 4) is 5.82 Å². The van der Waals surface area contributed by atoms with Crippen LogP contribution in [0.15, 0.2) is 36.9 Å². The summed E-state index contributed by atoms with van der Waals surface area (Å²) in [7, 11) is 3.91. The van der Waals surface area contributed by atoms with Crippen LogP contribution in [0.25, 0.3) is 11.5 Å². The first-order valence-electron chi connectivity index (χ1n) is 10.7. The van der Waals surface area contributed by atoms with Gasteiger partial charge in [-0.3, -0.25) is 9.69 Å². The highest BCUT2D eigenvalue weighted by atomic mass is 35.5. The molecule has 13 heteroatoms. The van der Waals surface area contributed by atoms with Gasteiger partial charge in [-0.2, -0.15) is 28.5 Å². The van der Waals surface area contributed by atoms with Crippen LogP contribution in [0.1, 0.15) is 35.2 Å². The molecular weight excluding hydrogens is 485 g/mol. The third-order valence-corrected chi connectivity index (χ3v) is 6.36. The molecule has 0 saturated heterocycles. The van der Waals surface area contributed by atoms with E-state index in [1.54, 1.807) is 16.8 Å². The third kappa shape index (κ3) is 4.27. The van der Waals surface area contributed by atoms with Crippen LogP contribution in [0.2, 0.25) is 5.15 Å². The molecule has 9 nitrogen and oxygen atoms in total. The molecule has 0 radical (unpaired) electrons. The van der Waals surface area contributed by atoms with Gasteiger partial charge in [0.05, 0.1) is 23.6 Å². The Balaban J connectivity index is 1.46. The molecule has 0 bridgehead atoms. The molecule has 1 aliphatic carbocycles. The van der Waals surface area contributed by atoms with Gasteiger partial charge in [0, 0.05) is 36.9 Å². The van der Waals surface area contributed by atoms with Crippen molar-refractivity contribution in [1.82, 2.24) is 39.5 Å². The van der Waals surface area contributed by atoms with Crippen LogP contribution in [0.5, 0.6) is 0 Å². The normalized spacial score (nSPS) is 15.2. The number of ketones is 1. The smallest absolute Gasteiger partial charge is 0.299 e. The number of halogens is 4. The fraction of sp³-hybridized carbons (Fsp3) is 0.364. The molecule has 4 aromatic rings. The lowest BCUT2D eigenvalue weighted by Gasteiger charge is -2.26. The largest absolute Gasteiger partial charge is 0.420 e. The number of aromatic nitrogens is 7. The molecule has 0 atom stereocenters. The van der Waals surface area contributed by atoms with E-state index in [0.29, 0.717) is 11.2 Å². The van der Waals surface area contributed by atoms with Crippen molar-refractivity contribution < 1.29 is 18.0 Å². The zero-order chi connectivity index (χ0) is 25.0. The Bertz CT molecular complexity index is 1410. The summed E-state index contributed by atoms with van der Waals surface area (Å²) in [6.45, 7) is 0. The number of hydrogen-bond acceptors (Lipinski definition) is 7. The van der Waals surface area contributed by atoms with Crippen molar-refractivity contribution in [3.63, 3.8) is 0 Å². The molecule has 1 fully saturated rings. The number of hydrogen-bond donors (Lipinski definition) is 0. The predicted octanol–water partition coefficient (Wildman–Crippen LogP) is 3.28. The number of carbonyl (C=O) groups is 1. The van der Waals surface area contributed by atoms with Crippen LogP contribution in [0.3, 0.4) is 0 Å². The maximum atomic E-state index is 13.7. The topological polar surface area (TPSA) is 94.1 Å². The van der Waals surface area contributed by atoms with Gasteiger partial charge in [-0.25, -0.2) is 14.5 Å². The summed E-state index contributed by atoms with van der Waals surface area (Å²) >= 11 is 6.11. The second-order valence-corrected chi connectivity index (χ2v) is 9.11. The standard InChI is InChI=1S/C22H20ClF3N8O/c1-32(2)21(3-4-21)19-14(12-27-18-10-17(23)31-33(18)19)9-15(35)7-13-8-16(22(24,25)26)20(28-11-13)34-29-5-6-30-34/h5-6,8,10-12H,3-4,7,9H2,1-2H3. The molecule has 1 saturated carbocycles. The van der Waals surface area contributed by atoms with Gasteiger partial charge in [0.25, 0.3) is 0 Å². The molecule has 0 aromatic carbocycles. The summed E-state index contributed by atoms with van der Waals surface area (Å²) in [5.74, 6) is -0.729. The molecule has 1 aliphatic rings. The summed E-state index contributed by atoms with van der Waals surface area (Å²) in [6.07, 6.45) is 2.19. The first-order valence-corrected chi connectivity index (χ1v) is 11.1. The molecule has 35 heavy (non-hydrogen) atoms. The Hall–Kier alpha value is -3.38. The van der Waals surface area contributed by atoms with Gasteiger partial charge in [0.2, 0.25) is 0 Å². The van der Waals surface area contributed by atoms with Gasteiger partial charge < -0.3 is 0 Å². The van der Waals surface area contributed by atoms with Crippen LogP contribution in [0, 0.1) is 0 Å². The number of rotatable bonds is 7. The van der Waals surface area contributed by atoms with Crippen LogP contribution in [-0.2, 0) is 29.4 Å². The number of nitrogens with zero attached hydrogens (tertiary/aromatic N) is 8. The minimum absolute atomic E-state index is 0.0187. The highest BCUT2D eigenvalue weighted by Gasteiger charge is 2.50. The summed E-state index contributed by atoms with van der Waals surface area (Å²) in [5, 5.41) is 12.1. The number of alkyl halides is 3. The summed E-state index contributed by atoms with van der Waals surface area (Å²) in [6, 6.07) is 2.56. The average Bonchev–Trinajstić information content (AvgIpc) is 3.22. The monoisotopic (exact) mass is 504 g/mol. The third-order valence-electron chi connectivity index (χ3n) is 6.18. The molecule has 5 rings (SSSR count). The summed E-state index contributed by atoms with van der Waals surface area (Å²) in [4.78, 5) is 24.2. The van der Waals surface area contributed by atoms with Crippen LogP contribution >= 0.6 is 11.6 Å². The zero-order valence-electron chi connectivity index (χ0n) is 18.8. The van der Waals surface area contributed by atoms with Crippen molar-refractivity contribution in [2.45, 2.75) is 37.4 Å². The SMILES string of the molecule is CN(C)C1(c2c(CC(=O)Cc3cnc(-n4nccn4)c(C(F)(F)F)c3)cnc3cc(Cl)nn23)CC1. The van der Waals surface area contributed by atoms with Crippen LogP contribution in [0.4, 0.5) is 13.2 Å². The molecule has 4 heterocycles. The second-order valence-electron chi connectivity index (χ2n) is 8.72. The fourth-order valence-electron chi connectivity index (χ4n) is 4.37. The van der Waals surface area contributed by atoms with Gasteiger partial charge in [-0.15, -0.1) is 4.80 Å². The molecule has 0 amide bonds. The van der Waals surface area contributed by atoms with Crippen molar-refractivity contribution >= 4 is 23.0 Å². The maximum Gasteiger partial charge on any atom is 0.420 e. The summed E-state index contributed by atoms with van der Waals surface area (Å²) in [5.41, 5.74) is 0.867. The van der Waals surface area contributed by atoms with Crippen molar-refractivity contribution in [1.29, 1.82) is 0 Å². The molecule has 0 spiro atoms. The molecule has 182 valence electrons. The van der Waals surface area contributed by atoms with E-state index in [2.05, 4.69) is 30.2 Å². The molecule has 4 aromatic heterocycles. The Morgan fingerprint density at radius 3 is 2.46 bits per heavy atom. The van der Waals surface area contributed by atoms with E-state index >= 15 is 0 Å². The average molecular weight is 505 g/mol. The van der Waals surface area contributed by atoms with Gasteiger partial charge in [0.1, 0.15) is 11.3 Å². The lowest BCUT2D eigenvalue weighted by atomic mass is 9.98. The molecule has 0 unspecified atom stereocenters. The van der Waals surface area contributed by atoms with Gasteiger partial charge in [-0.1, -0.05) is 11.6 Å². The first-order chi connectivity index (χ1) is 16.6. The minimum atomic E-state index is -4.69. The Labute approximate surface area is 202 Å². The van der Waals surface area contributed by atoms with Gasteiger partial charge >= 0.3 is 6.18 Å². The van der Waals surface area contributed by atoms with E-state index in [1.165, 1.54) is 18.6 Å². The minimum Gasteiger partial charge on any atom is -0.299 e.